The van der Waals surface area contributed by atoms with Crippen LogP contribution in [-0.4, -0.2) is 17.8 Å². The molecule has 0 spiro atoms. The van der Waals surface area contributed by atoms with Crippen molar-refractivity contribution in [1.29, 1.82) is 0 Å². The van der Waals surface area contributed by atoms with Gasteiger partial charge in [0.1, 0.15) is 6.61 Å². The maximum absolute atomic E-state index is 10.2. The van der Waals surface area contributed by atoms with Crippen molar-refractivity contribution in [3.8, 4) is 0 Å². The number of thiol groups is 1. The van der Waals surface area contributed by atoms with Gasteiger partial charge >= 0.3 is 5.97 Å². The SMILES string of the molecule is O=C1CC(S)CO1. The normalized spacial score (nSPS) is 30.4. The number of hydrogen-bond donors (Lipinski definition) is 1. The van der Waals surface area contributed by atoms with Crippen molar-refractivity contribution in [2.24, 2.45) is 0 Å². The van der Waals surface area contributed by atoms with E-state index in [0.29, 0.717) is 13.0 Å². The molecule has 1 aliphatic heterocycles. The van der Waals surface area contributed by atoms with Crippen molar-refractivity contribution in [3.05, 3.63) is 0 Å². The first-order valence-electron chi connectivity index (χ1n) is 2.13. The first-order valence-corrected chi connectivity index (χ1v) is 2.64. The second-order valence-electron chi connectivity index (χ2n) is 1.54. The fraction of sp³-hybridized carbons (Fsp3) is 0.750. The summed E-state index contributed by atoms with van der Waals surface area (Å²) in [5.74, 6) is -0.125. The standard InChI is InChI=1S/C4H6O2S/c5-4-1-3(7)2-6-4/h3,7H,1-2H2. The predicted molar refractivity (Wildman–Crippen MR) is 28.3 cm³/mol. The molecule has 0 bridgehead atoms. The summed E-state index contributed by atoms with van der Waals surface area (Å²) in [6, 6.07) is 0. The van der Waals surface area contributed by atoms with E-state index in [9.17, 15) is 4.79 Å². The summed E-state index contributed by atoms with van der Waals surface area (Å²) in [4.78, 5) is 10.2. The van der Waals surface area contributed by atoms with Crippen LogP contribution in [0.4, 0.5) is 0 Å². The Kier molecular flexibility index (Phi) is 1.23. The number of rotatable bonds is 0. The van der Waals surface area contributed by atoms with Crippen LogP contribution in [0.3, 0.4) is 0 Å². The van der Waals surface area contributed by atoms with Crippen LogP contribution in [0.1, 0.15) is 6.42 Å². The number of carbonyl (C=O) groups is 1. The molecule has 0 aromatic carbocycles. The lowest BCUT2D eigenvalue weighted by Crippen LogP contribution is -1.93. The molecular weight excluding hydrogens is 112 g/mol. The van der Waals surface area contributed by atoms with Gasteiger partial charge in [-0.05, 0) is 0 Å². The molecule has 3 heteroatoms. The molecule has 7 heavy (non-hydrogen) atoms. The summed E-state index contributed by atoms with van der Waals surface area (Å²) in [5.41, 5.74) is 0. The Morgan fingerprint density at radius 3 is 2.71 bits per heavy atom. The van der Waals surface area contributed by atoms with Crippen molar-refractivity contribution in [1.82, 2.24) is 0 Å². The quantitative estimate of drug-likeness (QED) is 0.364. The summed E-state index contributed by atoms with van der Waals surface area (Å²) in [6.45, 7) is 0.488. The van der Waals surface area contributed by atoms with Gasteiger partial charge in [-0.3, -0.25) is 4.79 Å². The van der Waals surface area contributed by atoms with E-state index in [0.717, 1.165) is 0 Å². The molecule has 1 saturated heterocycles. The minimum absolute atomic E-state index is 0.125. The molecule has 1 atom stereocenters. The minimum atomic E-state index is -0.125. The highest BCUT2D eigenvalue weighted by Crippen LogP contribution is 2.10. The van der Waals surface area contributed by atoms with Gasteiger partial charge in [0.2, 0.25) is 0 Å². The van der Waals surface area contributed by atoms with Crippen LogP contribution in [0, 0.1) is 0 Å². The smallest absolute Gasteiger partial charge is 0.307 e. The van der Waals surface area contributed by atoms with E-state index in [4.69, 9.17) is 0 Å². The highest BCUT2D eigenvalue weighted by atomic mass is 32.1. The van der Waals surface area contributed by atoms with Crippen molar-refractivity contribution < 1.29 is 9.53 Å². The Morgan fingerprint density at radius 1 is 1.86 bits per heavy atom. The second-order valence-corrected chi connectivity index (χ2v) is 2.27. The first kappa shape index (κ1) is 4.97. The molecule has 0 aromatic rings. The number of cyclic esters (lactones) is 1. The molecule has 0 radical (unpaired) electrons. The van der Waals surface area contributed by atoms with Crippen LogP contribution < -0.4 is 0 Å². The molecule has 2 nitrogen and oxygen atoms in total. The summed E-state index contributed by atoms with van der Waals surface area (Å²) in [5, 5.41) is 0.146. The first-order chi connectivity index (χ1) is 3.29. The van der Waals surface area contributed by atoms with E-state index in [1.807, 2.05) is 0 Å². The van der Waals surface area contributed by atoms with Crippen molar-refractivity contribution in [2.45, 2.75) is 11.7 Å². The van der Waals surface area contributed by atoms with E-state index in [-0.39, 0.29) is 11.2 Å². The molecule has 1 rings (SSSR count). The highest BCUT2D eigenvalue weighted by Gasteiger charge is 2.19. The van der Waals surface area contributed by atoms with Crippen LogP contribution in [0.15, 0.2) is 0 Å². The van der Waals surface area contributed by atoms with E-state index in [1.54, 1.807) is 0 Å². The zero-order valence-electron chi connectivity index (χ0n) is 3.76. The lowest BCUT2D eigenvalue weighted by atomic mass is 10.4. The third-order valence-corrected chi connectivity index (χ3v) is 1.17. The number of carbonyl (C=O) groups excluding carboxylic acids is 1. The van der Waals surface area contributed by atoms with E-state index in [1.165, 1.54) is 0 Å². The van der Waals surface area contributed by atoms with Crippen molar-refractivity contribution in [3.63, 3.8) is 0 Å². The van der Waals surface area contributed by atoms with E-state index >= 15 is 0 Å². The monoisotopic (exact) mass is 118 g/mol. The molecule has 0 aromatic heterocycles. The molecule has 1 aliphatic rings. The predicted octanol–water partition coefficient (Wildman–Crippen LogP) is 0.232. The topological polar surface area (TPSA) is 26.3 Å². The fourth-order valence-electron chi connectivity index (χ4n) is 0.499. The maximum atomic E-state index is 10.2. The number of ether oxygens (including phenoxy) is 1. The third kappa shape index (κ3) is 1.09. The Labute approximate surface area is 47.3 Å². The number of hydrogen-bond acceptors (Lipinski definition) is 3. The fourth-order valence-corrected chi connectivity index (χ4v) is 0.723. The largest absolute Gasteiger partial charge is 0.464 e. The molecule has 1 fully saturated rings. The molecule has 1 heterocycles. The molecular formula is C4H6O2S. The van der Waals surface area contributed by atoms with Crippen LogP contribution >= 0.6 is 12.6 Å². The van der Waals surface area contributed by atoms with Gasteiger partial charge in [-0.25, -0.2) is 0 Å². The summed E-state index contributed by atoms with van der Waals surface area (Å²) in [6.07, 6.45) is 0.475. The molecule has 0 saturated carbocycles. The van der Waals surface area contributed by atoms with Crippen LogP contribution in [0.25, 0.3) is 0 Å². The van der Waals surface area contributed by atoms with Crippen molar-refractivity contribution >= 4 is 18.6 Å². The Balaban J connectivity index is 2.40. The van der Waals surface area contributed by atoms with Crippen LogP contribution in [-0.2, 0) is 9.53 Å². The Bertz CT molecular complexity index is 91.7. The van der Waals surface area contributed by atoms with Gasteiger partial charge in [0, 0.05) is 5.25 Å². The summed E-state index contributed by atoms with van der Waals surface area (Å²) < 4.78 is 4.55. The third-order valence-electron chi connectivity index (χ3n) is 0.839. The molecule has 40 valence electrons. The lowest BCUT2D eigenvalue weighted by molar-refractivity contribution is -0.137. The van der Waals surface area contributed by atoms with Gasteiger partial charge in [-0.2, -0.15) is 12.6 Å². The molecule has 0 N–H and O–H groups in total. The average Bonchev–Trinajstić information content (AvgIpc) is 1.87. The van der Waals surface area contributed by atoms with Crippen molar-refractivity contribution in [2.75, 3.05) is 6.61 Å². The zero-order chi connectivity index (χ0) is 5.28. The van der Waals surface area contributed by atoms with Gasteiger partial charge in [-0.15, -0.1) is 0 Å². The lowest BCUT2D eigenvalue weighted by Gasteiger charge is -1.87. The maximum Gasteiger partial charge on any atom is 0.307 e. The van der Waals surface area contributed by atoms with Gasteiger partial charge in [0.05, 0.1) is 6.42 Å². The summed E-state index contributed by atoms with van der Waals surface area (Å²) in [7, 11) is 0. The zero-order valence-corrected chi connectivity index (χ0v) is 4.65. The van der Waals surface area contributed by atoms with Gasteiger partial charge in [0.25, 0.3) is 0 Å². The van der Waals surface area contributed by atoms with Crippen LogP contribution in [0.5, 0.6) is 0 Å². The van der Waals surface area contributed by atoms with Gasteiger partial charge in [0.15, 0.2) is 0 Å². The second kappa shape index (κ2) is 1.74. The number of esters is 1. The molecule has 0 amide bonds. The highest BCUT2D eigenvalue weighted by molar-refractivity contribution is 7.81. The summed E-state index contributed by atoms with van der Waals surface area (Å²) >= 11 is 4.01. The molecule has 1 unspecified atom stereocenters. The molecule has 0 aliphatic carbocycles. The average molecular weight is 118 g/mol. The van der Waals surface area contributed by atoms with Crippen LogP contribution in [0.2, 0.25) is 0 Å². The van der Waals surface area contributed by atoms with E-state index < -0.39 is 0 Å². The Morgan fingerprint density at radius 2 is 2.57 bits per heavy atom. The van der Waals surface area contributed by atoms with Gasteiger partial charge in [-0.1, -0.05) is 0 Å². The Hall–Kier alpha value is -0.180. The van der Waals surface area contributed by atoms with E-state index in [2.05, 4.69) is 17.4 Å². The minimum Gasteiger partial charge on any atom is -0.464 e. The van der Waals surface area contributed by atoms with Gasteiger partial charge < -0.3 is 4.74 Å².